The van der Waals surface area contributed by atoms with Gasteiger partial charge in [0.2, 0.25) is 0 Å². The van der Waals surface area contributed by atoms with E-state index in [-0.39, 0.29) is 5.41 Å². The predicted molar refractivity (Wildman–Crippen MR) is 138 cm³/mol. The van der Waals surface area contributed by atoms with Crippen molar-refractivity contribution in [2.75, 3.05) is 11.9 Å². The molecule has 0 bridgehead atoms. The molecule has 0 atom stereocenters. The summed E-state index contributed by atoms with van der Waals surface area (Å²) in [6.07, 6.45) is 0. The molecule has 0 heterocycles. The average Bonchev–Trinajstić information content (AvgIpc) is 3.05. The zero-order valence-corrected chi connectivity index (χ0v) is 19.3. The molecule has 0 aromatic heterocycles. The van der Waals surface area contributed by atoms with Crippen LogP contribution in [0.25, 0.3) is 28.0 Å². The summed E-state index contributed by atoms with van der Waals surface area (Å²) in [5.74, 6) is 0. The van der Waals surface area contributed by atoms with Crippen LogP contribution in [0.1, 0.15) is 36.1 Å². The normalized spacial score (nSPS) is 13.4. The van der Waals surface area contributed by atoms with Gasteiger partial charge in [-0.25, -0.2) is 0 Å². The molecule has 0 fully saturated rings. The fourth-order valence-electron chi connectivity index (χ4n) is 5.02. The van der Waals surface area contributed by atoms with Crippen LogP contribution in [-0.2, 0) is 5.41 Å². The molecule has 0 radical (unpaired) electrons. The van der Waals surface area contributed by atoms with Gasteiger partial charge in [-0.2, -0.15) is 0 Å². The van der Waals surface area contributed by atoms with E-state index in [4.69, 9.17) is 0 Å². The average molecular weight is 416 g/mol. The van der Waals surface area contributed by atoms with Crippen LogP contribution >= 0.6 is 0 Å². The smallest absolute Gasteiger partial charge is 0.0437 e. The summed E-state index contributed by atoms with van der Waals surface area (Å²) in [4.78, 5) is 2.17. The molecule has 4 aromatic carbocycles. The van der Waals surface area contributed by atoms with Crippen molar-refractivity contribution in [3.63, 3.8) is 0 Å². The summed E-state index contributed by atoms with van der Waals surface area (Å²) in [7, 11) is 2.08. The Morgan fingerprint density at radius 2 is 1.34 bits per heavy atom. The highest BCUT2D eigenvalue weighted by Gasteiger charge is 2.35. The van der Waals surface area contributed by atoms with E-state index >= 15 is 0 Å². The first kappa shape index (κ1) is 20.3. The van der Waals surface area contributed by atoms with Crippen LogP contribution < -0.4 is 4.90 Å². The number of hydrogen-bond acceptors (Lipinski definition) is 1. The van der Waals surface area contributed by atoms with Crippen LogP contribution in [0.4, 0.5) is 5.69 Å². The minimum Gasteiger partial charge on any atom is -0.344 e. The SMILES string of the molecule is C=C(c1ccc(-c2ccc3c(c2)C(C)(C)c2ccccc2-3)cc1)N(C)c1ccccc1C. The first-order chi connectivity index (χ1) is 15.4. The lowest BCUT2D eigenvalue weighted by molar-refractivity contribution is 0.660. The molecule has 0 spiro atoms. The number of fused-ring (bicyclic) bond motifs is 3. The number of para-hydroxylation sites is 1. The van der Waals surface area contributed by atoms with Crippen LogP contribution in [0.3, 0.4) is 0 Å². The van der Waals surface area contributed by atoms with Gasteiger partial charge in [0.15, 0.2) is 0 Å². The lowest BCUT2D eigenvalue weighted by Crippen LogP contribution is -2.15. The van der Waals surface area contributed by atoms with E-state index < -0.39 is 0 Å². The molecular weight excluding hydrogens is 386 g/mol. The standard InChI is InChI=1S/C31H29N/c1-21-10-6-9-13-30(21)32(5)22(2)23-14-16-24(17-15-23)25-18-19-27-26-11-7-8-12-28(26)31(3,4)29(27)20-25/h6-20H,2H2,1,3-5H3. The third-order valence-electron chi connectivity index (χ3n) is 7.02. The first-order valence-corrected chi connectivity index (χ1v) is 11.2. The zero-order valence-electron chi connectivity index (χ0n) is 19.3. The number of nitrogens with zero attached hydrogens (tertiary/aromatic N) is 1. The summed E-state index contributed by atoms with van der Waals surface area (Å²) in [6, 6.07) is 32.9. The second-order valence-electron chi connectivity index (χ2n) is 9.30. The van der Waals surface area contributed by atoms with Crippen LogP contribution in [0.15, 0.2) is 97.6 Å². The van der Waals surface area contributed by atoms with E-state index in [1.54, 1.807) is 0 Å². The van der Waals surface area contributed by atoms with Gasteiger partial charge in [-0.05, 0) is 63.6 Å². The Bertz CT molecular complexity index is 1320. The van der Waals surface area contributed by atoms with Gasteiger partial charge >= 0.3 is 0 Å². The predicted octanol–water partition coefficient (Wildman–Crippen LogP) is 8.08. The topological polar surface area (TPSA) is 3.24 Å². The molecule has 4 aromatic rings. The fraction of sp³-hybridized carbons (Fsp3) is 0.161. The van der Waals surface area contributed by atoms with Crippen LogP contribution in [0.5, 0.6) is 0 Å². The van der Waals surface area contributed by atoms with Crippen molar-refractivity contribution in [3.05, 3.63) is 120 Å². The second-order valence-corrected chi connectivity index (χ2v) is 9.30. The molecule has 5 rings (SSSR count). The summed E-state index contributed by atoms with van der Waals surface area (Å²) in [5.41, 5.74) is 12.6. The Morgan fingerprint density at radius 3 is 2.09 bits per heavy atom. The highest BCUT2D eigenvalue weighted by molar-refractivity contribution is 5.84. The van der Waals surface area contributed by atoms with Gasteiger partial charge in [-0.1, -0.05) is 99.3 Å². The second kappa shape index (κ2) is 7.53. The first-order valence-electron chi connectivity index (χ1n) is 11.2. The number of benzene rings is 4. The maximum absolute atomic E-state index is 4.36. The number of anilines is 1. The van der Waals surface area contributed by atoms with Crippen molar-refractivity contribution in [3.8, 4) is 22.3 Å². The Hall–Kier alpha value is -3.58. The zero-order chi connectivity index (χ0) is 22.5. The maximum atomic E-state index is 4.36. The Labute approximate surface area is 191 Å². The molecule has 0 aliphatic heterocycles. The number of aryl methyl sites for hydroxylation is 1. The van der Waals surface area contributed by atoms with Crippen molar-refractivity contribution in [1.29, 1.82) is 0 Å². The summed E-state index contributed by atoms with van der Waals surface area (Å²) in [5, 5.41) is 0. The van der Waals surface area contributed by atoms with Crippen LogP contribution in [0.2, 0.25) is 0 Å². The molecular formula is C31H29N. The van der Waals surface area contributed by atoms with Gasteiger partial charge in [0, 0.05) is 23.8 Å². The molecule has 0 saturated carbocycles. The molecule has 158 valence electrons. The monoisotopic (exact) mass is 415 g/mol. The molecule has 1 aliphatic carbocycles. The molecule has 0 amide bonds. The van der Waals surface area contributed by atoms with E-state index in [9.17, 15) is 0 Å². The highest BCUT2D eigenvalue weighted by atomic mass is 15.1. The number of rotatable bonds is 4. The largest absolute Gasteiger partial charge is 0.344 e. The molecule has 1 heteroatoms. The fourth-order valence-corrected chi connectivity index (χ4v) is 5.02. The van der Waals surface area contributed by atoms with E-state index in [1.165, 1.54) is 44.6 Å². The Morgan fingerprint density at radius 1 is 0.719 bits per heavy atom. The van der Waals surface area contributed by atoms with Crippen molar-refractivity contribution in [1.82, 2.24) is 0 Å². The number of hydrogen-bond donors (Lipinski definition) is 0. The molecule has 32 heavy (non-hydrogen) atoms. The molecule has 0 N–H and O–H groups in total. The van der Waals surface area contributed by atoms with Gasteiger partial charge in [0.1, 0.15) is 0 Å². The molecule has 1 aliphatic rings. The Kier molecular flexibility index (Phi) is 4.78. The summed E-state index contributed by atoms with van der Waals surface area (Å²) in [6.45, 7) is 11.2. The van der Waals surface area contributed by atoms with E-state index in [0.717, 1.165) is 11.3 Å². The van der Waals surface area contributed by atoms with E-state index in [0.29, 0.717) is 0 Å². The van der Waals surface area contributed by atoms with E-state index in [2.05, 4.69) is 130 Å². The minimum atomic E-state index is 0.0203. The quantitative estimate of drug-likeness (QED) is 0.326. The Balaban J connectivity index is 1.45. The molecule has 0 saturated heterocycles. The van der Waals surface area contributed by atoms with Crippen LogP contribution in [-0.4, -0.2) is 7.05 Å². The van der Waals surface area contributed by atoms with Crippen molar-refractivity contribution in [2.45, 2.75) is 26.2 Å². The van der Waals surface area contributed by atoms with Crippen molar-refractivity contribution >= 4 is 11.4 Å². The van der Waals surface area contributed by atoms with Crippen molar-refractivity contribution in [2.24, 2.45) is 0 Å². The van der Waals surface area contributed by atoms with Gasteiger partial charge in [-0.15, -0.1) is 0 Å². The van der Waals surface area contributed by atoms with Gasteiger partial charge in [-0.3, -0.25) is 0 Å². The van der Waals surface area contributed by atoms with Crippen LogP contribution in [0, 0.1) is 6.92 Å². The third kappa shape index (κ3) is 3.17. The molecule has 0 unspecified atom stereocenters. The molecule has 1 nitrogen and oxygen atoms in total. The van der Waals surface area contributed by atoms with E-state index in [1.807, 2.05) is 0 Å². The minimum absolute atomic E-state index is 0.0203. The lowest BCUT2D eigenvalue weighted by atomic mass is 9.81. The highest BCUT2D eigenvalue weighted by Crippen LogP contribution is 2.49. The van der Waals surface area contributed by atoms with Gasteiger partial charge in [0.25, 0.3) is 0 Å². The van der Waals surface area contributed by atoms with Gasteiger partial charge in [0.05, 0.1) is 0 Å². The summed E-state index contributed by atoms with van der Waals surface area (Å²) < 4.78 is 0. The van der Waals surface area contributed by atoms with Crippen molar-refractivity contribution < 1.29 is 0 Å². The third-order valence-corrected chi connectivity index (χ3v) is 7.02. The van der Waals surface area contributed by atoms with Gasteiger partial charge < -0.3 is 4.90 Å². The maximum Gasteiger partial charge on any atom is 0.0437 e. The summed E-state index contributed by atoms with van der Waals surface area (Å²) >= 11 is 0. The lowest BCUT2D eigenvalue weighted by Gasteiger charge is -2.24.